The van der Waals surface area contributed by atoms with Crippen LogP contribution in [-0.4, -0.2) is 44.2 Å². The van der Waals surface area contributed by atoms with Crippen LogP contribution in [0.15, 0.2) is 42.5 Å². The zero-order chi connectivity index (χ0) is 19.2. The quantitative estimate of drug-likeness (QED) is 0.749. The van der Waals surface area contributed by atoms with E-state index in [0.717, 1.165) is 37.8 Å². The first-order valence-electron chi connectivity index (χ1n) is 9.38. The molecule has 0 unspecified atom stereocenters. The largest absolute Gasteiger partial charge is 0.496 e. The minimum absolute atomic E-state index is 0.0496. The fourth-order valence-electron chi connectivity index (χ4n) is 3.69. The molecule has 1 saturated heterocycles. The van der Waals surface area contributed by atoms with Gasteiger partial charge in [-0.2, -0.15) is 0 Å². The number of piperidine rings is 1. The summed E-state index contributed by atoms with van der Waals surface area (Å²) in [5.41, 5.74) is 2.14. The molecule has 0 bridgehead atoms. The molecule has 1 amide bonds. The Bertz CT molecular complexity index is 776. The summed E-state index contributed by atoms with van der Waals surface area (Å²) < 4.78 is 24.2. The summed E-state index contributed by atoms with van der Waals surface area (Å²) in [5, 5.41) is 0. The van der Waals surface area contributed by atoms with Crippen molar-refractivity contribution >= 4 is 5.91 Å². The molecule has 3 rings (SSSR count). The molecule has 27 heavy (non-hydrogen) atoms. The molecule has 0 radical (unpaired) electrons. The Morgan fingerprint density at radius 1 is 1.15 bits per heavy atom. The summed E-state index contributed by atoms with van der Waals surface area (Å²) in [6.07, 6.45) is 4.07. The van der Waals surface area contributed by atoms with E-state index in [1.807, 2.05) is 29.2 Å². The monoisotopic (exact) mass is 371 g/mol. The number of likely N-dealkylation sites (tertiary alicyclic amines) is 1. The molecule has 5 heteroatoms. The van der Waals surface area contributed by atoms with E-state index in [0.29, 0.717) is 23.5 Å². The number of hydrogen-bond acceptors (Lipinski definition) is 3. The van der Waals surface area contributed by atoms with Crippen molar-refractivity contribution < 1.29 is 18.7 Å². The van der Waals surface area contributed by atoms with Crippen molar-refractivity contribution in [2.24, 2.45) is 0 Å². The van der Waals surface area contributed by atoms with Gasteiger partial charge in [0.25, 0.3) is 5.91 Å². The molecule has 1 aliphatic rings. The summed E-state index contributed by atoms with van der Waals surface area (Å²) in [7, 11) is 3.25. The van der Waals surface area contributed by atoms with Crippen molar-refractivity contribution in [3.63, 3.8) is 0 Å². The molecule has 0 aliphatic carbocycles. The number of rotatable bonds is 6. The molecule has 4 nitrogen and oxygen atoms in total. The van der Waals surface area contributed by atoms with Crippen LogP contribution in [0, 0.1) is 5.82 Å². The van der Waals surface area contributed by atoms with Crippen LogP contribution in [0.3, 0.4) is 0 Å². The lowest BCUT2D eigenvalue weighted by molar-refractivity contribution is 0.0553. The third-order valence-corrected chi connectivity index (χ3v) is 5.15. The van der Waals surface area contributed by atoms with Gasteiger partial charge in [-0.05, 0) is 61.6 Å². The molecular weight excluding hydrogens is 345 g/mol. The molecule has 0 saturated carbocycles. The fourth-order valence-corrected chi connectivity index (χ4v) is 3.69. The summed E-state index contributed by atoms with van der Waals surface area (Å²) in [6.45, 7) is 1.44. The van der Waals surface area contributed by atoms with Gasteiger partial charge in [0.1, 0.15) is 11.6 Å². The predicted molar refractivity (Wildman–Crippen MR) is 104 cm³/mol. The number of methoxy groups -OCH3 is 2. The summed E-state index contributed by atoms with van der Waals surface area (Å²) >= 11 is 0. The smallest absolute Gasteiger partial charge is 0.254 e. The molecule has 1 aliphatic heterocycles. The Hall–Kier alpha value is -2.40. The lowest BCUT2D eigenvalue weighted by Gasteiger charge is -2.36. The van der Waals surface area contributed by atoms with Crippen molar-refractivity contribution in [1.29, 1.82) is 0 Å². The molecule has 2 aromatic carbocycles. The number of halogens is 1. The average molecular weight is 371 g/mol. The van der Waals surface area contributed by atoms with Crippen LogP contribution >= 0.6 is 0 Å². The highest BCUT2D eigenvalue weighted by atomic mass is 19.1. The second kappa shape index (κ2) is 9.00. The standard InChI is InChI=1S/C22H26FNO3/c1-26-14-12-19-5-3-4-13-24(19)22(25)17-8-6-16(7-9-17)20-15-18(23)10-11-21(20)27-2/h6-11,15,19H,3-5,12-14H2,1-2H3/t19-/m1/s1. The number of carbonyl (C=O) groups is 1. The lowest BCUT2D eigenvalue weighted by Crippen LogP contribution is -2.44. The van der Waals surface area contributed by atoms with Crippen LogP contribution in [0.2, 0.25) is 0 Å². The third kappa shape index (κ3) is 4.48. The van der Waals surface area contributed by atoms with Crippen molar-refractivity contribution in [3.05, 3.63) is 53.8 Å². The lowest BCUT2D eigenvalue weighted by atomic mass is 9.97. The van der Waals surface area contributed by atoms with E-state index < -0.39 is 0 Å². The van der Waals surface area contributed by atoms with Crippen molar-refractivity contribution in [1.82, 2.24) is 4.90 Å². The first-order valence-corrected chi connectivity index (χ1v) is 9.38. The highest BCUT2D eigenvalue weighted by molar-refractivity contribution is 5.95. The number of hydrogen-bond donors (Lipinski definition) is 0. The summed E-state index contributed by atoms with van der Waals surface area (Å²) in [5.74, 6) is 0.333. The van der Waals surface area contributed by atoms with E-state index in [4.69, 9.17) is 9.47 Å². The molecule has 0 spiro atoms. The van der Waals surface area contributed by atoms with Gasteiger partial charge in [0, 0.05) is 37.4 Å². The van der Waals surface area contributed by atoms with Gasteiger partial charge < -0.3 is 14.4 Å². The maximum atomic E-state index is 13.6. The Morgan fingerprint density at radius 2 is 1.93 bits per heavy atom. The molecule has 1 heterocycles. The summed E-state index contributed by atoms with van der Waals surface area (Å²) in [6, 6.07) is 12.0. The SMILES string of the molecule is COCC[C@H]1CCCCN1C(=O)c1ccc(-c2cc(F)ccc2OC)cc1. The predicted octanol–water partition coefficient (Wildman–Crippen LogP) is 4.53. The van der Waals surface area contributed by atoms with Crippen molar-refractivity contribution in [2.75, 3.05) is 27.4 Å². The molecule has 0 aromatic heterocycles. The normalized spacial score (nSPS) is 17.0. The van der Waals surface area contributed by atoms with Gasteiger partial charge in [-0.25, -0.2) is 4.39 Å². The van der Waals surface area contributed by atoms with Crippen molar-refractivity contribution in [2.45, 2.75) is 31.7 Å². The van der Waals surface area contributed by atoms with Crippen LogP contribution in [0.1, 0.15) is 36.0 Å². The molecule has 2 aromatic rings. The van der Waals surface area contributed by atoms with E-state index in [1.54, 1.807) is 20.3 Å². The maximum Gasteiger partial charge on any atom is 0.254 e. The second-order valence-electron chi connectivity index (χ2n) is 6.85. The average Bonchev–Trinajstić information content (AvgIpc) is 2.72. The number of carbonyl (C=O) groups excluding carboxylic acids is 1. The van der Waals surface area contributed by atoms with E-state index in [9.17, 15) is 9.18 Å². The number of nitrogens with zero attached hydrogens (tertiary/aromatic N) is 1. The summed E-state index contributed by atoms with van der Waals surface area (Å²) in [4.78, 5) is 15.0. The minimum Gasteiger partial charge on any atom is -0.496 e. The zero-order valence-electron chi connectivity index (χ0n) is 15.9. The number of ether oxygens (including phenoxy) is 2. The minimum atomic E-state index is -0.319. The van der Waals surface area contributed by atoms with Gasteiger partial charge >= 0.3 is 0 Å². The highest BCUT2D eigenvalue weighted by Gasteiger charge is 2.27. The molecule has 144 valence electrons. The third-order valence-electron chi connectivity index (χ3n) is 5.15. The van der Waals surface area contributed by atoms with Crippen LogP contribution in [0.5, 0.6) is 5.75 Å². The number of amides is 1. The Morgan fingerprint density at radius 3 is 2.63 bits per heavy atom. The van der Waals surface area contributed by atoms with Gasteiger partial charge in [0.2, 0.25) is 0 Å². The molecular formula is C22H26FNO3. The Kier molecular flexibility index (Phi) is 6.45. The Labute approximate surface area is 159 Å². The molecule has 1 fully saturated rings. The van der Waals surface area contributed by atoms with Gasteiger partial charge in [0.15, 0.2) is 0 Å². The molecule has 1 atom stereocenters. The fraction of sp³-hybridized carbons (Fsp3) is 0.409. The molecule has 0 N–H and O–H groups in total. The van der Waals surface area contributed by atoms with E-state index in [1.165, 1.54) is 12.1 Å². The van der Waals surface area contributed by atoms with E-state index >= 15 is 0 Å². The van der Waals surface area contributed by atoms with Gasteiger partial charge in [0.05, 0.1) is 7.11 Å². The highest BCUT2D eigenvalue weighted by Crippen LogP contribution is 2.31. The van der Waals surface area contributed by atoms with Crippen LogP contribution in [-0.2, 0) is 4.74 Å². The van der Waals surface area contributed by atoms with E-state index in [-0.39, 0.29) is 17.8 Å². The Balaban J connectivity index is 1.80. The second-order valence-corrected chi connectivity index (χ2v) is 6.85. The first-order chi connectivity index (χ1) is 13.1. The van der Waals surface area contributed by atoms with Crippen LogP contribution < -0.4 is 4.74 Å². The maximum absolute atomic E-state index is 13.6. The van der Waals surface area contributed by atoms with E-state index in [2.05, 4.69) is 0 Å². The topological polar surface area (TPSA) is 38.8 Å². The van der Waals surface area contributed by atoms with Crippen LogP contribution in [0.4, 0.5) is 4.39 Å². The van der Waals surface area contributed by atoms with Crippen molar-refractivity contribution in [3.8, 4) is 16.9 Å². The first kappa shape index (κ1) is 19.4. The number of benzene rings is 2. The van der Waals surface area contributed by atoms with Gasteiger partial charge in [-0.1, -0.05) is 12.1 Å². The zero-order valence-corrected chi connectivity index (χ0v) is 15.9. The van der Waals surface area contributed by atoms with Gasteiger partial charge in [-0.15, -0.1) is 0 Å². The van der Waals surface area contributed by atoms with Crippen LogP contribution in [0.25, 0.3) is 11.1 Å². The van der Waals surface area contributed by atoms with Gasteiger partial charge in [-0.3, -0.25) is 4.79 Å².